The van der Waals surface area contributed by atoms with Crippen molar-refractivity contribution in [1.82, 2.24) is 5.43 Å². The highest BCUT2D eigenvalue weighted by atomic mass is 16.6. The number of phenols is 1. The van der Waals surface area contributed by atoms with E-state index in [1.807, 2.05) is 24.3 Å². The molecule has 27 heavy (non-hydrogen) atoms. The number of fused-ring (bicyclic) bond motifs is 1. The lowest BCUT2D eigenvalue weighted by molar-refractivity contribution is -0.384. The van der Waals surface area contributed by atoms with Gasteiger partial charge in [0.25, 0.3) is 11.6 Å². The lowest BCUT2D eigenvalue weighted by Gasteiger charge is -2.06. The Labute approximate surface area is 153 Å². The van der Waals surface area contributed by atoms with Crippen molar-refractivity contribution in [3.05, 3.63) is 76.3 Å². The Morgan fingerprint density at radius 2 is 2.00 bits per heavy atom. The number of rotatable bonds is 6. The van der Waals surface area contributed by atoms with E-state index in [-0.39, 0.29) is 23.8 Å². The summed E-state index contributed by atoms with van der Waals surface area (Å²) in [7, 11) is 0. The smallest absolute Gasteiger partial charge is 0.277 e. The van der Waals surface area contributed by atoms with Crippen molar-refractivity contribution in [3.63, 3.8) is 0 Å². The molecule has 8 heteroatoms. The molecule has 3 rings (SSSR count). The third-order valence-corrected chi connectivity index (χ3v) is 3.73. The van der Waals surface area contributed by atoms with Gasteiger partial charge in [-0.15, -0.1) is 0 Å². The highest BCUT2D eigenvalue weighted by molar-refractivity contribution is 6.02. The maximum atomic E-state index is 11.8. The summed E-state index contributed by atoms with van der Waals surface area (Å²) in [6, 6.07) is 16.3. The van der Waals surface area contributed by atoms with Gasteiger partial charge in [0.05, 0.1) is 17.2 Å². The van der Waals surface area contributed by atoms with Gasteiger partial charge in [0.1, 0.15) is 11.5 Å². The average Bonchev–Trinajstić information content (AvgIpc) is 2.68. The molecule has 0 aliphatic carbocycles. The van der Waals surface area contributed by atoms with Gasteiger partial charge in [-0.2, -0.15) is 5.10 Å². The van der Waals surface area contributed by atoms with Crippen LogP contribution in [0.5, 0.6) is 11.5 Å². The molecule has 0 unspecified atom stereocenters. The van der Waals surface area contributed by atoms with E-state index < -0.39 is 10.8 Å². The van der Waals surface area contributed by atoms with E-state index in [2.05, 4.69) is 10.5 Å². The Morgan fingerprint density at radius 3 is 2.81 bits per heavy atom. The number of ether oxygens (including phenoxy) is 1. The molecule has 2 N–H and O–H groups in total. The van der Waals surface area contributed by atoms with E-state index in [0.29, 0.717) is 5.56 Å². The predicted octanol–water partition coefficient (Wildman–Crippen LogP) is 2.98. The van der Waals surface area contributed by atoms with Gasteiger partial charge in [0, 0.05) is 11.6 Å². The number of hydrogen-bond donors (Lipinski definition) is 2. The van der Waals surface area contributed by atoms with Gasteiger partial charge in [-0.25, -0.2) is 5.43 Å². The third-order valence-electron chi connectivity index (χ3n) is 3.73. The summed E-state index contributed by atoms with van der Waals surface area (Å²) >= 11 is 0. The SMILES string of the molecule is O=C(COc1cccc([N+](=O)[O-])c1)N/N=C/c1c(O)ccc2ccccc12. The van der Waals surface area contributed by atoms with E-state index in [1.54, 1.807) is 12.1 Å². The van der Waals surface area contributed by atoms with Crippen molar-refractivity contribution in [1.29, 1.82) is 0 Å². The number of carbonyl (C=O) groups is 1. The van der Waals surface area contributed by atoms with Crippen LogP contribution in [0.1, 0.15) is 5.56 Å². The highest BCUT2D eigenvalue weighted by Gasteiger charge is 2.08. The molecule has 0 radical (unpaired) electrons. The van der Waals surface area contributed by atoms with E-state index in [1.165, 1.54) is 30.5 Å². The summed E-state index contributed by atoms with van der Waals surface area (Å²) in [4.78, 5) is 22.0. The molecule has 3 aromatic rings. The summed E-state index contributed by atoms with van der Waals surface area (Å²) in [5, 5.41) is 26.3. The normalized spacial score (nSPS) is 10.8. The number of hydrazone groups is 1. The highest BCUT2D eigenvalue weighted by Crippen LogP contribution is 2.25. The Bertz CT molecular complexity index is 1030. The first-order valence-corrected chi connectivity index (χ1v) is 7.94. The fourth-order valence-corrected chi connectivity index (χ4v) is 2.46. The molecule has 0 aliphatic rings. The number of nitro benzene ring substituents is 1. The number of benzene rings is 3. The van der Waals surface area contributed by atoms with Gasteiger partial charge in [-0.1, -0.05) is 36.4 Å². The second-order valence-corrected chi connectivity index (χ2v) is 5.56. The second kappa shape index (κ2) is 7.96. The van der Waals surface area contributed by atoms with E-state index in [4.69, 9.17) is 4.74 Å². The zero-order valence-electron chi connectivity index (χ0n) is 14.0. The molecule has 0 aliphatic heterocycles. The zero-order chi connectivity index (χ0) is 19.2. The van der Waals surface area contributed by atoms with Crippen LogP contribution in [0.4, 0.5) is 5.69 Å². The Balaban J connectivity index is 1.62. The minimum Gasteiger partial charge on any atom is -0.507 e. The fraction of sp³-hybridized carbons (Fsp3) is 0.0526. The topological polar surface area (TPSA) is 114 Å². The first-order chi connectivity index (χ1) is 13.0. The number of hydrogen-bond acceptors (Lipinski definition) is 6. The number of carbonyl (C=O) groups excluding carboxylic acids is 1. The van der Waals surface area contributed by atoms with Crippen LogP contribution >= 0.6 is 0 Å². The van der Waals surface area contributed by atoms with Crippen molar-refractivity contribution in [2.24, 2.45) is 5.10 Å². The first-order valence-electron chi connectivity index (χ1n) is 7.94. The number of nitrogens with zero attached hydrogens (tertiary/aromatic N) is 2. The van der Waals surface area contributed by atoms with Crippen LogP contribution in [0, 0.1) is 10.1 Å². The van der Waals surface area contributed by atoms with Crippen LogP contribution in [-0.4, -0.2) is 28.8 Å². The van der Waals surface area contributed by atoms with E-state index >= 15 is 0 Å². The van der Waals surface area contributed by atoms with Crippen molar-refractivity contribution in [3.8, 4) is 11.5 Å². The van der Waals surface area contributed by atoms with Gasteiger partial charge < -0.3 is 9.84 Å². The standard InChI is InChI=1S/C19H15N3O5/c23-18-9-8-13-4-1-2-7-16(13)17(18)11-20-21-19(24)12-27-15-6-3-5-14(10-15)22(25)26/h1-11,23H,12H2,(H,21,24)/b20-11+. The van der Waals surface area contributed by atoms with Crippen LogP contribution < -0.4 is 10.2 Å². The van der Waals surface area contributed by atoms with Crippen molar-refractivity contribution in [2.45, 2.75) is 0 Å². The minimum absolute atomic E-state index is 0.0412. The summed E-state index contributed by atoms with van der Waals surface area (Å²) < 4.78 is 5.22. The molecular weight excluding hydrogens is 350 g/mol. The van der Waals surface area contributed by atoms with Crippen molar-refractivity contribution >= 4 is 28.6 Å². The first kappa shape index (κ1) is 17.9. The molecule has 0 fully saturated rings. The molecule has 3 aromatic carbocycles. The molecule has 136 valence electrons. The monoisotopic (exact) mass is 365 g/mol. The van der Waals surface area contributed by atoms with Crippen LogP contribution in [0.2, 0.25) is 0 Å². The number of amides is 1. The number of aromatic hydroxyl groups is 1. The molecule has 0 bridgehead atoms. The van der Waals surface area contributed by atoms with Gasteiger partial charge in [0.2, 0.25) is 0 Å². The molecule has 1 amide bonds. The second-order valence-electron chi connectivity index (χ2n) is 5.56. The van der Waals surface area contributed by atoms with Crippen LogP contribution in [-0.2, 0) is 4.79 Å². The predicted molar refractivity (Wildman–Crippen MR) is 99.9 cm³/mol. The van der Waals surface area contributed by atoms with Crippen molar-refractivity contribution < 1.29 is 19.6 Å². The number of nitrogens with one attached hydrogen (secondary N) is 1. The Morgan fingerprint density at radius 1 is 1.19 bits per heavy atom. The molecule has 0 heterocycles. The Kier molecular flexibility index (Phi) is 5.27. The fourth-order valence-electron chi connectivity index (χ4n) is 2.46. The maximum Gasteiger partial charge on any atom is 0.277 e. The molecule has 0 atom stereocenters. The van der Waals surface area contributed by atoms with E-state index in [9.17, 15) is 20.0 Å². The van der Waals surface area contributed by atoms with E-state index in [0.717, 1.165) is 10.8 Å². The van der Waals surface area contributed by atoms with Gasteiger partial charge in [-0.3, -0.25) is 14.9 Å². The summed E-state index contributed by atoms with van der Waals surface area (Å²) in [5.74, 6) is -0.299. The molecule has 0 saturated heterocycles. The van der Waals surface area contributed by atoms with Crippen molar-refractivity contribution in [2.75, 3.05) is 6.61 Å². The molecule has 0 aromatic heterocycles. The van der Waals surface area contributed by atoms with Crippen LogP contribution in [0.3, 0.4) is 0 Å². The lowest BCUT2D eigenvalue weighted by Crippen LogP contribution is -2.24. The quantitative estimate of drug-likeness (QED) is 0.396. The van der Waals surface area contributed by atoms with Crippen LogP contribution in [0.15, 0.2) is 65.8 Å². The molecule has 0 saturated carbocycles. The maximum absolute atomic E-state index is 11.8. The van der Waals surface area contributed by atoms with Gasteiger partial charge in [-0.05, 0) is 22.9 Å². The van der Waals surface area contributed by atoms with Crippen LogP contribution in [0.25, 0.3) is 10.8 Å². The largest absolute Gasteiger partial charge is 0.507 e. The lowest BCUT2D eigenvalue weighted by atomic mass is 10.0. The summed E-state index contributed by atoms with van der Waals surface area (Å²) in [6.45, 7) is -0.361. The third kappa shape index (κ3) is 4.37. The average molecular weight is 365 g/mol. The number of nitro groups is 1. The minimum atomic E-state index is -0.548. The number of non-ortho nitro benzene ring substituents is 1. The zero-order valence-corrected chi connectivity index (χ0v) is 14.0. The number of phenolic OH excluding ortho intramolecular Hbond substituents is 1. The summed E-state index contributed by atoms with van der Waals surface area (Å²) in [5.41, 5.74) is 2.64. The van der Waals surface area contributed by atoms with Gasteiger partial charge in [0.15, 0.2) is 6.61 Å². The van der Waals surface area contributed by atoms with Gasteiger partial charge >= 0.3 is 0 Å². The summed E-state index contributed by atoms with van der Waals surface area (Å²) in [6.07, 6.45) is 1.35. The molecule has 8 nitrogen and oxygen atoms in total. The Hall–Kier alpha value is -3.94. The molecular formula is C19H15N3O5. The molecule has 0 spiro atoms.